The average Bonchev–Trinajstić information content (AvgIpc) is 3.87. The number of alkyl halides is 6. The molecule has 58 heavy (non-hydrogen) atoms. The second-order valence-corrected chi connectivity index (χ2v) is 17.0. The number of halogens is 6. The van der Waals surface area contributed by atoms with Gasteiger partial charge in [0.25, 0.3) is 11.8 Å². The molecule has 4 aliphatic rings. The maximum absolute atomic E-state index is 15.1. The number of hydrogen-bond acceptors (Lipinski definition) is 8. The molecule has 2 aromatic heterocycles. The molecule has 318 valence electrons. The number of aliphatic hydroxyl groups is 1. The van der Waals surface area contributed by atoms with Crippen LogP contribution in [0.3, 0.4) is 0 Å². The third kappa shape index (κ3) is 8.27. The van der Waals surface area contributed by atoms with Crippen molar-refractivity contribution in [2.45, 2.75) is 120 Å². The Morgan fingerprint density at radius 1 is 0.983 bits per heavy atom. The molecule has 4 atom stereocenters. The summed E-state index contributed by atoms with van der Waals surface area (Å²) in [5, 5.41) is 23.4. The molecule has 2 aliphatic heterocycles. The summed E-state index contributed by atoms with van der Waals surface area (Å²) >= 11 is 0.367. The van der Waals surface area contributed by atoms with Crippen molar-refractivity contribution in [3.05, 3.63) is 70.2 Å². The third-order valence-electron chi connectivity index (χ3n) is 12.7. The van der Waals surface area contributed by atoms with Gasteiger partial charge in [0.15, 0.2) is 0 Å². The number of amides is 2. The Hall–Kier alpha value is -3.96. The largest absolute Gasteiger partial charge is 0.481 e. The highest BCUT2D eigenvalue weighted by Gasteiger charge is 2.58. The number of nitrogens with zero attached hydrogens (tertiary/aromatic N) is 3. The number of piperidine rings is 2. The van der Waals surface area contributed by atoms with E-state index in [0.29, 0.717) is 37.0 Å². The summed E-state index contributed by atoms with van der Waals surface area (Å²) in [6, 6.07) is 1.37. The van der Waals surface area contributed by atoms with Crippen molar-refractivity contribution in [1.29, 1.82) is 0 Å². The monoisotopic (exact) mass is 841 g/mol. The Balaban J connectivity index is 1.28. The van der Waals surface area contributed by atoms with Crippen LogP contribution in [0.1, 0.15) is 105 Å². The van der Waals surface area contributed by atoms with E-state index in [0.717, 1.165) is 47.5 Å². The summed E-state index contributed by atoms with van der Waals surface area (Å²) in [4.78, 5) is 46.7. The zero-order valence-corrected chi connectivity index (χ0v) is 33.2. The molecule has 4 heterocycles. The fourth-order valence-corrected chi connectivity index (χ4v) is 10.0. The number of rotatable bonds is 12. The summed E-state index contributed by atoms with van der Waals surface area (Å²) in [5.41, 5.74) is -7.40. The van der Waals surface area contributed by atoms with Crippen molar-refractivity contribution in [3.63, 3.8) is 0 Å². The first-order valence-electron chi connectivity index (χ1n) is 19.7. The lowest BCUT2D eigenvalue weighted by Crippen LogP contribution is -2.69. The van der Waals surface area contributed by atoms with Crippen LogP contribution < -0.4 is 4.74 Å². The fraction of sp³-hybridized carbons (Fsp3) is 0.610. The van der Waals surface area contributed by atoms with Crippen LogP contribution in [-0.2, 0) is 26.7 Å². The minimum absolute atomic E-state index is 0.0227. The van der Waals surface area contributed by atoms with E-state index >= 15 is 4.79 Å². The van der Waals surface area contributed by atoms with E-state index in [1.54, 1.807) is 19.1 Å². The SMILES string of the molecule is CCC[C@H]1N(C(=O)c2ncccc2C(F)(F)F)CCC[C@@]1(Oc1csc(C(F)(F)F)c1)C(=O)N1CCC(O)(C2(C)C=CC=CC2OCCC2(C(=O)O)CCCC2)CC1. The highest BCUT2D eigenvalue weighted by atomic mass is 32.1. The summed E-state index contributed by atoms with van der Waals surface area (Å²) in [6.45, 7) is 3.64. The number of ether oxygens (including phenoxy) is 2. The number of thiophene rings is 1. The number of carboxylic acids is 1. The van der Waals surface area contributed by atoms with Gasteiger partial charge in [0.2, 0.25) is 5.60 Å². The summed E-state index contributed by atoms with van der Waals surface area (Å²) in [6.07, 6.45) is 1.67. The van der Waals surface area contributed by atoms with Crippen molar-refractivity contribution in [1.82, 2.24) is 14.8 Å². The lowest BCUT2D eigenvalue weighted by Gasteiger charge is -2.53. The summed E-state index contributed by atoms with van der Waals surface area (Å²) < 4.78 is 96.2. The first kappa shape index (κ1) is 43.6. The van der Waals surface area contributed by atoms with Gasteiger partial charge in [0.05, 0.1) is 28.7 Å². The van der Waals surface area contributed by atoms with Crippen LogP contribution in [-0.4, -0.2) is 92.4 Å². The summed E-state index contributed by atoms with van der Waals surface area (Å²) in [5.74, 6) is -2.85. The van der Waals surface area contributed by atoms with Crippen molar-refractivity contribution in [2.75, 3.05) is 26.2 Å². The van der Waals surface area contributed by atoms with Gasteiger partial charge in [-0.2, -0.15) is 26.3 Å². The molecule has 17 heteroatoms. The van der Waals surface area contributed by atoms with Crippen LogP contribution in [0.2, 0.25) is 0 Å². The van der Waals surface area contributed by atoms with Gasteiger partial charge in [0.1, 0.15) is 16.3 Å². The van der Waals surface area contributed by atoms with Gasteiger partial charge in [-0.1, -0.05) is 57.4 Å². The molecule has 10 nitrogen and oxygen atoms in total. The van der Waals surface area contributed by atoms with Crippen molar-refractivity contribution in [3.8, 4) is 5.75 Å². The molecule has 2 unspecified atom stereocenters. The van der Waals surface area contributed by atoms with Crippen LogP contribution in [0.25, 0.3) is 0 Å². The lowest BCUT2D eigenvalue weighted by atomic mass is 9.63. The Labute approximate surface area is 336 Å². The Bertz CT molecular complexity index is 1880. The third-order valence-corrected chi connectivity index (χ3v) is 13.7. The number of pyridine rings is 1. The number of aromatic nitrogens is 1. The topological polar surface area (TPSA) is 130 Å². The summed E-state index contributed by atoms with van der Waals surface area (Å²) in [7, 11) is 0. The maximum atomic E-state index is 15.1. The van der Waals surface area contributed by atoms with Gasteiger partial charge < -0.3 is 29.5 Å². The minimum atomic E-state index is -4.92. The zero-order valence-electron chi connectivity index (χ0n) is 32.4. The zero-order chi connectivity index (χ0) is 42.1. The molecule has 6 rings (SSSR count). The smallest absolute Gasteiger partial charge is 0.425 e. The van der Waals surface area contributed by atoms with Gasteiger partial charge in [-0.05, 0) is 57.1 Å². The van der Waals surface area contributed by atoms with Gasteiger partial charge >= 0.3 is 18.3 Å². The number of carboxylic acid groups (broad SMARTS) is 1. The number of allylic oxidation sites excluding steroid dienone is 2. The number of hydrogen-bond donors (Lipinski definition) is 2. The lowest BCUT2D eigenvalue weighted by molar-refractivity contribution is -0.172. The predicted octanol–water partition coefficient (Wildman–Crippen LogP) is 8.31. The normalized spacial score (nSPS) is 27.1. The van der Waals surface area contributed by atoms with E-state index in [1.807, 2.05) is 19.1 Å². The van der Waals surface area contributed by atoms with Gasteiger partial charge in [-0.3, -0.25) is 19.4 Å². The van der Waals surface area contributed by atoms with E-state index in [4.69, 9.17) is 9.47 Å². The van der Waals surface area contributed by atoms with Gasteiger partial charge in [-0.25, -0.2) is 0 Å². The van der Waals surface area contributed by atoms with Crippen LogP contribution in [0.15, 0.2) is 54.1 Å². The van der Waals surface area contributed by atoms with Crippen molar-refractivity contribution < 1.29 is 60.4 Å². The predicted molar refractivity (Wildman–Crippen MR) is 201 cm³/mol. The van der Waals surface area contributed by atoms with Crippen LogP contribution in [0, 0.1) is 10.8 Å². The van der Waals surface area contributed by atoms with Crippen LogP contribution in [0.5, 0.6) is 5.75 Å². The molecule has 3 fully saturated rings. The molecule has 0 radical (unpaired) electrons. The van der Waals surface area contributed by atoms with Crippen molar-refractivity contribution >= 4 is 29.1 Å². The van der Waals surface area contributed by atoms with E-state index < -0.39 is 80.4 Å². The molecule has 2 aliphatic carbocycles. The number of likely N-dealkylation sites (tertiary alicyclic amines) is 2. The Morgan fingerprint density at radius 2 is 1.69 bits per heavy atom. The van der Waals surface area contributed by atoms with Crippen LogP contribution in [0.4, 0.5) is 26.3 Å². The second-order valence-electron chi connectivity index (χ2n) is 16.1. The van der Waals surface area contributed by atoms with Crippen molar-refractivity contribution in [2.24, 2.45) is 10.8 Å². The highest BCUT2D eigenvalue weighted by molar-refractivity contribution is 7.10. The molecule has 0 spiro atoms. The quantitative estimate of drug-likeness (QED) is 0.204. The minimum Gasteiger partial charge on any atom is -0.481 e. The Morgan fingerprint density at radius 3 is 2.31 bits per heavy atom. The van der Waals surface area contributed by atoms with E-state index in [-0.39, 0.29) is 64.1 Å². The van der Waals surface area contributed by atoms with Gasteiger partial charge in [0, 0.05) is 55.7 Å². The standard InChI is InChI=1S/C41H49F6N3O7S/c1-3-10-29-39(57-27-25-31(58-26-27)41(45,46)47,16-9-21-50(29)33(51)32-28(40(42,43)44)11-8-20-48-32)34(52)49-22-17-38(55,18-23-49)36(2)13-5-4-12-30(36)56-24-19-37(35(53)54)14-6-7-15-37/h4-5,8,11-13,20,25-26,29-30,55H,3,6-7,9-10,14-19,21-24H2,1-2H3,(H,53,54)/t29-,30?,36?,39+/m1/s1. The van der Waals surface area contributed by atoms with E-state index in [1.165, 1.54) is 4.90 Å². The Kier molecular flexibility index (Phi) is 12.5. The van der Waals surface area contributed by atoms with E-state index in [9.17, 15) is 46.1 Å². The molecule has 2 N–H and O–H groups in total. The first-order valence-corrected chi connectivity index (χ1v) is 20.6. The number of carbonyl (C=O) groups excluding carboxylic acids is 2. The molecule has 0 bridgehead atoms. The highest BCUT2D eigenvalue weighted by Crippen LogP contribution is 2.49. The fourth-order valence-electron chi connectivity index (χ4n) is 9.33. The molecule has 2 saturated heterocycles. The molecule has 2 aromatic rings. The second kappa shape index (κ2) is 16.6. The van der Waals surface area contributed by atoms with E-state index in [2.05, 4.69) is 4.98 Å². The molecular formula is C41H49F6N3O7S. The van der Waals surface area contributed by atoms with Gasteiger partial charge in [-0.15, -0.1) is 11.3 Å². The average molecular weight is 842 g/mol. The molecule has 2 amide bonds. The first-order chi connectivity index (χ1) is 27.3. The molecular weight excluding hydrogens is 793 g/mol. The number of carbonyl (C=O) groups is 3. The number of aliphatic carboxylic acids is 1. The maximum Gasteiger partial charge on any atom is 0.425 e. The molecule has 0 aromatic carbocycles. The van der Waals surface area contributed by atoms with Crippen LogP contribution >= 0.6 is 11.3 Å². The molecule has 1 saturated carbocycles.